The Bertz CT molecular complexity index is 464. The molecule has 2 fully saturated rings. The predicted molar refractivity (Wildman–Crippen MR) is 79.1 cm³/mol. The molecule has 3 rings (SSSR count). The van der Waals surface area contributed by atoms with Crippen molar-refractivity contribution in [2.24, 2.45) is 0 Å². The Labute approximate surface area is 120 Å². The van der Waals surface area contributed by atoms with Crippen LogP contribution in [0.5, 0.6) is 11.5 Å². The van der Waals surface area contributed by atoms with Gasteiger partial charge in [-0.05, 0) is 50.4 Å². The molecular weight excluding hydrogens is 252 g/mol. The molecule has 0 bridgehead atoms. The first-order chi connectivity index (χ1) is 9.78. The summed E-state index contributed by atoms with van der Waals surface area (Å²) in [5.74, 6) is 0.805. The third kappa shape index (κ3) is 2.76. The maximum Gasteiger partial charge on any atom is 0.161 e. The first-order valence-corrected chi connectivity index (χ1v) is 7.70. The average molecular weight is 276 g/mol. The molecule has 2 saturated heterocycles. The highest BCUT2D eigenvalue weighted by Crippen LogP contribution is 2.29. The molecule has 1 aromatic rings. The molecule has 110 valence electrons. The molecule has 0 saturated carbocycles. The van der Waals surface area contributed by atoms with Gasteiger partial charge in [0.15, 0.2) is 11.5 Å². The monoisotopic (exact) mass is 276 g/mol. The first-order valence-electron chi connectivity index (χ1n) is 7.70. The summed E-state index contributed by atoms with van der Waals surface area (Å²) in [5.41, 5.74) is 1.17. The smallest absolute Gasteiger partial charge is 0.161 e. The summed E-state index contributed by atoms with van der Waals surface area (Å²) in [6.07, 6.45) is 3.93. The van der Waals surface area contributed by atoms with Crippen LogP contribution >= 0.6 is 0 Å². The van der Waals surface area contributed by atoms with Crippen molar-refractivity contribution in [2.45, 2.75) is 44.8 Å². The van der Waals surface area contributed by atoms with Crippen molar-refractivity contribution in [1.29, 1.82) is 0 Å². The molecule has 0 amide bonds. The molecule has 2 unspecified atom stereocenters. The number of hydrogen-bond acceptors (Lipinski definition) is 4. The van der Waals surface area contributed by atoms with Crippen molar-refractivity contribution < 1.29 is 9.84 Å². The van der Waals surface area contributed by atoms with E-state index >= 15 is 0 Å². The van der Waals surface area contributed by atoms with Crippen LogP contribution < -0.4 is 10.1 Å². The van der Waals surface area contributed by atoms with Crippen LogP contribution in [-0.4, -0.2) is 41.8 Å². The van der Waals surface area contributed by atoms with Crippen LogP contribution in [0.3, 0.4) is 0 Å². The van der Waals surface area contributed by atoms with E-state index in [1.165, 1.54) is 37.9 Å². The van der Waals surface area contributed by atoms with E-state index in [0.29, 0.717) is 18.4 Å². The normalized spacial score (nSPS) is 25.9. The van der Waals surface area contributed by atoms with E-state index in [1.807, 2.05) is 19.1 Å². The lowest BCUT2D eigenvalue weighted by atomic mass is 10.1. The van der Waals surface area contributed by atoms with Crippen LogP contribution in [0.2, 0.25) is 0 Å². The third-order valence-corrected chi connectivity index (χ3v) is 4.50. The minimum atomic E-state index is 0.221. The SMILES string of the molecule is CCOc1cc(CNC2CCN3CCCC23)ccc1O. The second-order valence-electron chi connectivity index (χ2n) is 5.76. The second-order valence-corrected chi connectivity index (χ2v) is 5.76. The number of nitrogens with one attached hydrogen (secondary N) is 1. The van der Waals surface area contributed by atoms with E-state index in [0.717, 1.165) is 12.6 Å². The Morgan fingerprint density at radius 3 is 3.10 bits per heavy atom. The lowest BCUT2D eigenvalue weighted by Gasteiger charge is -2.21. The topological polar surface area (TPSA) is 44.7 Å². The Morgan fingerprint density at radius 1 is 1.35 bits per heavy atom. The van der Waals surface area contributed by atoms with Gasteiger partial charge in [-0.25, -0.2) is 0 Å². The second kappa shape index (κ2) is 6.02. The molecule has 2 heterocycles. The quantitative estimate of drug-likeness (QED) is 0.864. The highest BCUT2D eigenvalue weighted by Gasteiger charge is 2.36. The maximum atomic E-state index is 9.72. The highest BCUT2D eigenvalue weighted by molar-refractivity contribution is 5.41. The zero-order valence-corrected chi connectivity index (χ0v) is 12.1. The van der Waals surface area contributed by atoms with Crippen molar-refractivity contribution in [3.05, 3.63) is 23.8 Å². The van der Waals surface area contributed by atoms with Crippen LogP contribution in [0.4, 0.5) is 0 Å². The maximum absolute atomic E-state index is 9.72. The van der Waals surface area contributed by atoms with Crippen LogP contribution in [0.15, 0.2) is 18.2 Å². The lowest BCUT2D eigenvalue weighted by Crippen LogP contribution is -2.38. The number of phenolic OH excluding ortho intramolecular Hbond substituents is 1. The van der Waals surface area contributed by atoms with Crippen molar-refractivity contribution in [1.82, 2.24) is 10.2 Å². The molecular formula is C16H24N2O2. The summed E-state index contributed by atoms with van der Waals surface area (Å²) in [7, 11) is 0. The van der Waals surface area contributed by atoms with Crippen LogP contribution in [0, 0.1) is 0 Å². The van der Waals surface area contributed by atoms with Crippen molar-refractivity contribution >= 4 is 0 Å². The molecule has 4 heteroatoms. The van der Waals surface area contributed by atoms with Gasteiger partial charge in [0.2, 0.25) is 0 Å². The molecule has 2 N–H and O–H groups in total. The van der Waals surface area contributed by atoms with E-state index < -0.39 is 0 Å². The van der Waals surface area contributed by atoms with Crippen LogP contribution in [0.25, 0.3) is 0 Å². The minimum Gasteiger partial charge on any atom is -0.504 e. The fraction of sp³-hybridized carbons (Fsp3) is 0.625. The highest BCUT2D eigenvalue weighted by atomic mass is 16.5. The number of nitrogens with zero attached hydrogens (tertiary/aromatic N) is 1. The van der Waals surface area contributed by atoms with Gasteiger partial charge < -0.3 is 15.2 Å². The lowest BCUT2D eigenvalue weighted by molar-refractivity contribution is 0.298. The van der Waals surface area contributed by atoms with E-state index in [4.69, 9.17) is 4.74 Å². The van der Waals surface area contributed by atoms with E-state index in [2.05, 4.69) is 10.2 Å². The number of fused-ring (bicyclic) bond motifs is 1. The van der Waals surface area contributed by atoms with Crippen LogP contribution in [-0.2, 0) is 6.54 Å². The third-order valence-electron chi connectivity index (χ3n) is 4.50. The molecule has 2 aliphatic heterocycles. The number of benzene rings is 1. The van der Waals surface area contributed by atoms with E-state index in [1.54, 1.807) is 6.07 Å². The first kappa shape index (κ1) is 13.7. The van der Waals surface area contributed by atoms with Crippen LogP contribution in [0.1, 0.15) is 31.7 Å². The van der Waals surface area contributed by atoms with Gasteiger partial charge in [0.1, 0.15) is 0 Å². The fourth-order valence-electron chi connectivity index (χ4n) is 3.51. The number of phenols is 1. The largest absolute Gasteiger partial charge is 0.504 e. The van der Waals surface area contributed by atoms with Gasteiger partial charge in [0.05, 0.1) is 6.61 Å². The Kier molecular flexibility index (Phi) is 4.13. The molecule has 2 aliphatic rings. The summed E-state index contributed by atoms with van der Waals surface area (Å²) < 4.78 is 5.43. The minimum absolute atomic E-state index is 0.221. The standard InChI is InChI=1S/C16H24N2O2/c1-2-20-16-10-12(5-6-15(16)19)11-17-13-7-9-18-8-3-4-14(13)18/h5-6,10,13-14,17,19H,2-4,7-9,11H2,1H3. The van der Waals surface area contributed by atoms with E-state index in [-0.39, 0.29) is 5.75 Å². The predicted octanol–water partition coefficient (Wildman–Crippen LogP) is 2.12. The van der Waals surface area contributed by atoms with Gasteiger partial charge in [-0.3, -0.25) is 4.90 Å². The molecule has 1 aromatic carbocycles. The summed E-state index contributed by atoms with van der Waals surface area (Å²) in [5, 5.41) is 13.4. The molecule has 0 radical (unpaired) electrons. The Hall–Kier alpha value is -1.26. The zero-order valence-electron chi connectivity index (χ0n) is 12.1. The van der Waals surface area contributed by atoms with Gasteiger partial charge in [-0.1, -0.05) is 6.07 Å². The molecule has 0 spiro atoms. The summed E-state index contributed by atoms with van der Waals surface area (Å²) >= 11 is 0. The molecule has 2 atom stereocenters. The van der Waals surface area contributed by atoms with Crippen molar-refractivity contribution in [3.8, 4) is 11.5 Å². The number of ether oxygens (including phenoxy) is 1. The Morgan fingerprint density at radius 2 is 2.25 bits per heavy atom. The fourth-order valence-corrected chi connectivity index (χ4v) is 3.51. The molecule has 0 aliphatic carbocycles. The van der Waals surface area contributed by atoms with Gasteiger partial charge in [-0.15, -0.1) is 0 Å². The number of aromatic hydroxyl groups is 1. The molecule has 0 aromatic heterocycles. The van der Waals surface area contributed by atoms with Crippen molar-refractivity contribution in [3.63, 3.8) is 0 Å². The van der Waals surface area contributed by atoms with E-state index in [9.17, 15) is 5.11 Å². The molecule has 20 heavy (non-hydrogen) atoms. The Balaban J connectivity index is 1.59. The van der Waals surface area contributed by atoms with Gasteiger partial charge in [0.25, 0.3) is 0 Å². The number of hydrogen-bond donors (Lipinski definition) is 2. The van der Waals surface area contributed by atoms with Gasteiger partial charge in [0, 0.05) is 25.2 Å². The number of rotatable bonds is 5. The van der Waals surface area contributed by atoms with Gasteiger partial charge in [-0.2, -0.15) is 0 Å². The molecule has 4 nitrogen and oxygen atoms in total. The summed E-state index contributed by atoms with van der Waals surface area (Å²) in [6.45, 7) is 5.86. The van der Waals surface area contributed by atoms with Gasteiger partial charge >= 0.3 is 0 Å². The average Bonchev–Trinajstić information content (AvgIpc) is 3.03. The zero-order chi connectivity index (χ0) is 13.9. The summed E-state index contributed by atoms with van der Waals surface area (Å²) in [6, 6.07) is 6.97. The summed E-state index contributed by atoms with van der Waals surface area (Å²) in [4.78, 5) is 2.61. The van der Waals surface area contributed by atoms with Crippen molar-refractivity contribution in [2.75, 3.05) is 19.7 Å².